The summed E-state index contributed by atoms with van der Waals surface area (Å²) in [6.45, 7) is 12.3. The molecule has 0 spiro atoms. The molecule has 90 valence electrons. The third kappa shape index (κ3) is 5.78. The van der Waals surface area contributed by atoms with Crippen LogP contribution in [0, 0.1) is 5.92 Å². The van der Waals surface area contributed by atoms with Crippen molar-refractivity contribution in [1.82, 2.24) is 4.90 Å². The van der Waals surface area contributed by atoms with Gasteiger partial charge in [0.15, 0.2) is 0 Å². The molecule has 0 aromatic carbocycles. The SMILES string of the molecule is CC(C)C(C)N(C)C(=O)COC(C)(C)C. The summed E-state index contributed by atoms with van der Waals surface area (Å²) in [7, 11) is 1.83. The molecule has 15 heavy (non-hydrogen) atoms. The summed E-state index contributed by atoms with van der Waals surface area (Å²) < 4.78 is 5.45. The summed E-state index contributed by atoms with van der Waals surface area (Å²) in [6.07, 6.45) is 0. The standard InChI is InChI=1S/C12H25NO2/c1-9(2)10(3)13(7)11(14)8-15-12(4,5)6/h9-10H,8H2,1-7H3. The molecule has 0 aliphatic heterocycles. The molecule has 3 nitrogen and oxygen atoms in total. The van der Waals surface area contributed by atoms with E-state index < -0.39 is 0 Å². The van der Waals surface area contributed by atoms with Gasteiger partial charge in [-0.1, -0.05) is 13.8 Å². The molecule has 0 aromatic rings. The predicted molar refractivity (Wildman–Crippen MR) is 62.8 cm³/mol. The Kier molecular flexibility index (Phi) is 5.29. The van der Waals surface area contributed by atoms with Crippen LogP contribution in [0.3, 0.4) is 0 Å². The van der Waals surface area contributed by atoms with Crippen LogP contribution < -0.4 is 0 Å². The van der Waals surface area contributed by atoms with Crippen LogP contribution >= 0.6 is 0 Å². The molecule has 0 aliphatic carbocycles. The molecule has 0 aliphatic rings. The fraction of sp³-hybridized carbons (Fsp3) is 0.917. The fourth-order valence-electron chi connectivity index (χ4n) is 1.05. The Bertz CT molecular complexity index is 206. The normalized spacial score (nSPS) is 14.1. The molecular formula is C12H25NO2. The molecule has 1 amide bonds. The maximum Gasteiger partial charge on any atom is 0.248 e. The third-order valence-electron chi connectivity index (χ3n) is 2.60. The van der Waals surface area contributed by atoms with Gasteiger partial charge in [0.05, 0.1) is 5.60 Å². The van der Waals surface area contributed by atoms with E-state index in [4.69, 9.17) is 4.74 Å². The summed E-state index contributed by atoms with van der Waals surface area (Å²) in [5, 5.41) is 0. The minimum Gasteiger partial charge on any atom is -0.366 e. The molecule has 0 radical (unpaired) electrons. The highest BCUT2D eigenvalue weighted by molar-refractivity contribution is 5.77. The van der Waals surface area contributed by atoms with Gasteiger partial charge in [0.25, 0.3) is 0 Å². The Hall–Kier alpha value is -0.570. The van der Waals surface area contributed by atoms with Gasteiger partial charge in [-0.05, 0) is 33.6 Å². The Labute approximate surface area is 93.8 Å². The first-order chi connectivity index (χ1) is 6.65. The van der Waals surface area contributed by atoms with Crippen LogP contribution in [0.1, 0.15) is 41.5 Å². The van der Waals surface area contributed by atoms with Crippen molar-refractivity contribution in [3.63, 3.8) is 0 Å². The van der Waals surface area contributed by atoms with E-state index in [1.807, 2.05) is 27.8 Å². The highest BCUT2D eigenvalue weighted by Crippen LogP contribution is 2.10. The second kappa shape index (κ2) is 5.50. The molecule has 0 rings (SSSR count). The van der Waals surface area contributed by atoms with Gasteiger partial charge < -0.3 is 9.64 Å². The lowest BCUT2D eigenvalue weighted by molar-refractivity contribution is -0.142. The summed E-state index contributed by atoms with van der Waals surface area (Å²) in [4.78, 5) is 13.5. The molecular weight excluding hydrogens is 190 g/mol. The molecule has 1 unspecified atom stereocenters. The second-order valence-electron chi connectivity index (χ2n) is 5.39. The first-order valence-corrected chi connectivity index (χ1v) is 5.54. The number of hydrogen-bond donors (Lipinski definition) is 0. The summed E-state index contributed by atoms with van der Waals surface area (Å²) in [5.74, 6) is 0.514. The highest BCUT2D eigenvalue weighted by atomic mass is 16.5. The summed E-state index contributed by atoms with van der Waals surface area (Å²) in [6, 6.07) is 0.251. The molecule has 0 fully saturated rings. The van der Waals surface area contributed by atoms with Crippen LogP contribution in [-0.2, 0) is 9.53 Å². The molecule has 0 saturated heterocycles. The molecule has 1 atom stereocenters. The van der Waals surface area contributed by atoms with Gasteiger partial charge in [0, 0.05) is 13.1 Å². The van der Waals surface area contributed by atoms with E-state index in [0.29, 0.717) is 5.92 Å². The Balaban J connectivity index is 4.11. The van der Waals surface area contributed by atoms with E-state index in [9.17, 15) is 4.79 Å². The zero-order valence-electron chi connectivity index (χ0n) is 11.1. The number of ether oxygens (including phenoxy) is 1. The molecule has 0 heterocycles. The van der Waals surface area contributed by atoms with Gasteiger partial charge in [-0.3, -0.25) is 4.79 Å². The van der Waals surface area contributed by atoms with Crippen molar-refractivity contribution in [3.8, 4) is 0 Å². The molecule has 0 N–H and O–H groups in total. The van der Waals surface area contributed by atoms with Crippen LogP contribution in [0.4, 0.5) is 0 Å². The Morgan fingerprint density at radius 1 is 1.27 bits per heavy atom. The topological polar surface area (TPSA) is 29.5 Å². The van der Waals surface area contributed by atoms with E-state index in [1.165, 1.54) is 0 Å². The fourth-order valence-corrected chi connectivity index (χ4v) is 1.05. The number of rotatable bonds is 4. The van der Waals surface area contributed by atoms with Gasteiger partial charge in [-0.15, -0.1) is 0 Å². The minimum atomic E-state index is -0.252. The van der Waals surface area contributed by atoms with Crippen LogP contribution in [0.25, 0.3) is 0 Å². The van der Waals surface area contributed by atoms with Crippen LogP contribution in [0.15, 0.2) is 0 Å². The number of nitrogens with zero attached hydrogens (tertiary/aromatic N) is 1. The summed E-state index contributed by atoms with van der Waals surface area (Å²) in [5.41, 5.74) is -0.252. The van der Waals surface area contributed by atoms with Gasteiger partial charge in [0.1, 0.15) is 6.61 Å². The van der Waals surface area contributed by atoms with Gasteiger partial charge in [-0.25, -0.2) is 0 Å². The molecule has 3 heteroatoms. The number of carbonyl (C=O) groups excluding carboxylic acids is 1. The van der Waals surface area contributed by atoms with Crippen molar-refractivity contribution in [2.45, 2.75) is 53.2 Å². The van der Waals surface area contributed by atoms with Crippen LogP contribution in [0.5, 0.6) is 0 Å². The number of likely N-dealkylation sites (N-methyl/N-ethyl adjacent to an activating group) is 1. The summed E-state index contributed by atoms with van der Waals surface area (Å²) >= 11 is 0. The van der Waals surface area contributed by atoms with E-state index in [-0.39, 0.29) is 24.2 Å². The smallest absolute Gasteiger partial charge is 0.248 e. The predicted octanol–water partition coefficient (Wildman–Crippen LogP) is 2.30. The van der Waals surface area contributed by atoms with Crippen molar-refractivity contribution < 1.29 is 9.53 Å². The monoisotopic (exact) mass is 215 g/mol. The molecule has 0 bridgehead atoms. The van der Waals surface area contributed by atoms with Crippen LogP contribution in [0.2, 0.25) is 0 Å². The zero-order chi connectivity index (χ0) is 12.2. The van der Waals surface area contributed by atoms with Crippen LogP contribution in [-0.4, -0.2) is 36.1 Å². The largest absolute Gasteiger partial charge is 0.366 e. The van der Waals surface area contributed by atoms with E-state index in [2.05, 4.69) is 20.8 Å². The lowest BCUT2D eigenvalue weighted by atomic mass is 10.1. The lowest BCUT2D eigenvalue weighted by Crippen LogP contribution is -2.41. The minimum absolute atomic E-state index is 0.0473. The van der Waals surface area contributed by atoms with E-state index in [1.54, 1.807) is 4.90 Å². The van der Waals surface area contributed by atoms with Crippen molar-refractivity contribution in [1.29, 1.82) is 0 Å². The maximum atomic E-state index is 11.7. The third-order valence-corrected chi connectivity index (χ3v) is 2.60. The average molecular weight is 215 g/mol. The van der Waals surface area contributed by atoms with Crippen molar-refractivity contribution in [2.75, 3.05) is 13.7 Å². The van der Waals surface area contributed by atoms with Gasteiger partial charge >= 0.3 is 0 Å². The Morgan fingerprint density at radius 2 is 1.73 bits per heavy atom. The maximum absolute atomic E-state index is 11.7. The molecule has 0 saturated carbocycles. The quantitative estimate of drug-likeness (QED) is 0.720. The molecule has 0 aromatic heterocycles. The lowest BCUT2D eigenvalue weighted by Gasteiger charge is -2.29. The first kappa shape index (κ1) is 14.4. The van der Waals surface area contributed by atoms with Crippen molar-refractivity contribution in [2.24, 2.45) is 5.92 Å². The second-order valence-corrected chi connectivity index (χ2v) is 5.39. The van der Waals surface area contributed by atoms with E-state index >= 15 is 0 Å². The Morgan fingerprint density at radius 3 is 2.07 bits per heavy atom. The van der Waals surface area contributed by atoms with Gasteiger partial charge in [-0.2, -0.15) is 0 Å². The van der Waals surface area contributed by atoms with Crippen molar-refractivity contribution >= 4 is 5.91 Å². The number of hydrogen-bond acceptors (Lipinski definition) is 2. The number of carbonyl (C=O) groups is 1. The first-order valence-electron chi connectivity index (χ1n) is 5.54. The van der Waals surface area contributed by atoms with E-state index in [0.717, 1.165) is 0 Å². The highest BCUT2D eigenvalue weighted by Gasteiger charge is 2.20. The average Bonchev–Trinajstić information content (AvgIpc) is 2.10. The van der Waals surface area contributed by atoms with Gasteiger partial charge in [0.2, 0.25) is 5.91 Å². The van der Waals surface area contributed by atoms with Crippen molar-refractivity contribution in [3.05, 3.63) is 0 Å². The number of amides is 1. The zero-order valence-corrected chi connectivity index (χ0v) is 11.1.